The van der Waals surface area contributed by atoms with E-state index in [9.17, 15) is 28.2 Å². The van der Waals surface area contributed by atoms with Gasteiger partial charge < -0.3 is 9.57 Å². The number of nitro groups is 1. The van der Waals surface area contributed by atoms with Crippen molar-refractivity contribution in [2.24, 2.45) is 5.34 Å². The zero-order valence-corrected chi connectivity index (χ0v) is 11.1. The Labute approximate surface area is 126 Å². The van der Waals surface area contributed by atoms with Gasteiger partial charge in [-0.2, -0.15) is 0 Å². The molecule has 0 aromatic heterocycles. The first-order valence-electron chi connectivity index (χ1n) is 5.94. The number of ether oxygens (including phenoxy) is 1. The summed E-state index contributed by atoms with van der Waals surface area (Å²) in [7, 11) is 0. The minimum absolute atomic E-state index is 0.196. The van der Waals surface area contributed by atoms with Crippen LogP contribution in [-0.2, 0) is 0 Å². The van der Waals surface area contributed by atoms with Crippen molar-refractivity contribution in [3.05, 3.63) is 57.5 Å². The lowest BCUT2D eigenvalue weighted by Gasteiger charge is -2.10. The maximum Gasteiger partial charge on any atom is 0.573 e. The lowest BCUT2D eigenvalue weighted by Crippen LogP contribution is -2.16. The second-order valence-corrected chi connectivity index (χ2v) is 4.18. The molecule has 0 amide bonds. The van der Waals surface area contributed by atoms with Gasteiger partial charge in [-0.1, -0.05) is 12.1 Å². The fourth-order valence-electron chi connectivity index (χ4n) is 1.81. The van der Waals surface area contributed by atoms with Crippen LogP contribution in [0.1, 0.15) is 0 Å². The molecule has 0 spiro atoms. The van der Waals surface area contributed by atoms with Gasteiger partial charge in [-0.25, -0.2) is 0 Å². The number of nitro benzene ring substituents is 1. The van der Waals surface area contributed by atoms with Crippen LogP contribution in [0.2, 0.25) is 0 Å². The summed E-state index contributed by atoms with van der Waals surface area (Å²) in [5.41, 5.74) is 0.270. The van der Waals surface area contributed by atoms with Gasteiger partial charge in [0.1, 0.15) is 5.75 Å². The average molecular weight is 328 g/mol. The monoisotopic (exact) mass is 328 g/mol. The van der Waals surface area contributed by atoms with Crippen molar-refractivity contribution in [1.29, 1.82) is 0 Å². The summed E-state index contributed by atoms with van der Waals surface area (Å²) in [6.45, 7) is 0. The van der Waals surface area contributed by atoms with E-state index in [0.29, 0.717) is 5.56 Å². The number of halogens is 3. The normalized spacial score (nSPS) is 10.9. The highest BCUT2D eigenvalue weighted by atomic mass is 19.4. The van der Waals surface area contributed by atoms with Gasteiger partial charge in [-0.3, -0.25) is 10.1 Å². The van der Waals surface area contributed by atoms with Gasteiger partial charge in [0.05, 0.1) is 11.0 Å². The first-order valence-corrected chi connectivity index (χ1v) is 5.94. The van der Waals surface area contributed by atoms with E-state index in [1.807, 2.05) is 0 Å². The van der Waals surface area contributed by atoms with Gasteiger partial charge in [0.25, 0.3) is 5.69 Å². The number of alkyl halides is 3. The van der Waals surface area contributed by atoms with Gasteiger partial charge in [0.15, 0.2) is 11.1 Å². The Bertz CT molecular complexity index is 731. The highest BCUT2D eigenvalue weighted by molar-refractivity contribution is 5.72. The van der Waals surface area contributed by atoms with Gasteiger partial charge in [0.2, 0.25) is 0 Å². The van der Waals surface area contributed by atoms with Crippen molar-refractivity contribution in [2.45, 2.75) is 6.36 Å². The van der Waals surface area contributed by atoms with Gasteiger partial charge in [0, 0.05) is 11.6 Å². The average Bonchev–Trinajstić information content (AvgIpc) is 2.47. The molecule has 10 heteroatoms. The lowest BCUT2D eigenvalue weighted by molar-refractivity contribution is -0.384. The van der Waals surface area contributed by atoms with E-state index in [2.05, 4.69) is 14.9 Å². The van der Waals surface area contributed by atoms with Crippen molar-refractivity contribution in [2.75, 3.05) is 0 Å². The van der Waals surface area contributed by atoms with Crippen LogP contribution in [0.3, 0.4) is 0 Å². The zero-order chi connectivity index (χ0) is 17.0. The number of non-ortho nitro benzene ring substituents is 1. The maximum absolute atomic E-state index is 12.1. The Morgan fingerprint density at radius 3 is 2.26 bits per heavy atom. The van der Waals surface area contributed by atoms with Crippen LogP contribution in [0.15, 0.2) is 47.8 Å². The van der Waals surface area contributed by atoms with E-state index in [1.54, 1.807) is 0 Å². The molecule has 0 atom stereocenters. The Kier molecular flexibility index (Phi) is 4.44. The number of hydrogen-bond acceptors (Lipinski definition) is 6. The number of benzene rings is 2. The lowest BCUT2D eigenvalue weighted by atomic mass is 10.0. The van der Waals surface area contributed by atoms with E-state index in [0.717, 1.165) is 24.3 Å². The van der Waals surface area contributed by atoms with Crippen molar-refractivity contribution < 1.29 is 27.7 Å². The topological polar surface area (TPSA) is 91.0 Å². The molecule has 0 saturated heterocycles. The van der Waals surface area contributed by atoms with E-state index in [1.165, 1.54) is 18.2 Å². The van der Waals surface area contributed by atoms with Gasteiger partial charge in [-0.05, 0) is 23.8 Å². The standard InChI is InChI=1S/C13H7F3N2O5/c14-13(15,16)22-10-4-1-8(2-5-10)11-6-3-9(18(20)21)7-12(11)23-17-19/h1-7H. The highest BCUT2D eigenvalue weighted by Gasteiger charge is 2.31. The Morgan fingerprint density at radius 1 is 1.09 bits per heavy atom. The second-order valence-electron chi connectivity index (χ2n) is 4.18. The molecule has 7 nitrogen and oxygen atoms in total. The molecule has 120 valence electrons. The molecule has 0 N–H and O–H groups in total. The molecule has 23 heavy (non-hydrogen) atoms. The predicted octanol–water partition coefficient (Wildman–Crippen LogP) is 4.22. The SMILES string of the molecule is O=NOc1cc([N+](=O)[O-])ccc1-c1ccc(OC(F)(F)F)cc1. The summed E-state index contributed by atoms with van der Waals surface area (Å²) < 4.78 is 40.0. The molecule has 2 aromatic rings. The van der Waals surface area contributed by atoms with Crippen LogP contribution >= 0.6 is 0 Å². The van der Waals surface area contributed by atoms with Crippen LogP contribution in [-0.4, -0.2) is 11.3 Å². The quantitative estimate of drug-likeness (QED) is 0.465. The third-order valence-corrected chi connectivity index (χ3v) is 2.71. The molecule has 0 fully saturated rings. The molecule has 0 heterocycles. The predicted molar refractivity (Wildman–Crippen MR) is 71.6 cm³/mol. The first-order chi connectivity index (χ1) is 10.8. The maximum atomic E-state index is 12.1. The van der Waals surface area contributed by atoms with Crippen LogP contribution in [0, 0.1) is 15.0 Å². The summed E-state index contributed by atoms with van der Waals surface area (Å²) >= 11 is 0. The largest absolute Gasteiger partial charge is 0.573 e. The number of nitrogens with zero attached hydrogens (tertiary/aromatic N) is 2. The number of hydrogen-bond donors (Lipinski definition) is 0. The third-order valence-electron chi connectivity index (χ3n) is 2.71. The van der Waals surface area contributed by atoms with E-state index in [4.69, 9.17) is 0 Å². The molecule has 2 rings (SSSR count). The Morgan fingerprint density at radius 2 is 1.74 bits per heavy atom. The molecule has 0 aliphatic rings. The minimum atomic E-state index is -4.81. The van der Waals surface area contributed by atoms with Crippen LogP contribution < -0.4 is 9.57 Å². The summed E-state index contributed by atoms with van der Waals surface area (Å²) in [5.74, 6) is -0.627. The number of rotatable bonds is 5. The Hall–Kier alpha value is -3.17. The first kappa shape index (κ1) is 16.2. The molecular formula is C13H7F3N2O5. The molecule has 0 unspecified atom stereocenters. The Balaban J connectivity index is 2.37. The van der Waals surface area contributed by atoms with Crippen molar-refractivity contribution in [3.8, 4) is 22.6 Å². The van der Waals surface area contributed by atoms with Gasteiger partial charge in [-0.15, -0.1) is 18.1 Å². The zero-order valence-electron chi connectivity index (χ0n) is 11.1. The summed E-state index contributed by atoms with van der Waals surface area (Å²) in [4.78, 5) is 24.7. The summed E-state index contributed by atoms with van der Waals surface area (Å²) in [6.07, 6.45) is -4.81. The molecule has 0 saturated carbocycles. The van der Waals surface area contributed by atoms with E-state index in [-0.39, 0.29) is 17.0 Å². The van der Waals surface area contributed by atoms with Crippen LogP contribution in [0.5, 0.6) is 11.5 Å². The fourth-order valence-corrected chi connectivity index (χ4v) is 1.81. The highest BCUT2D eigenvalue weighted by Crippen LogP contribution is 2.35. The van der Waals surface area contributed by atoms with Crippen molar-refractivity contribution >= 4 is 5.69 Å². The molecule has 0 radical (unpaired) electrons. The van der Waals surface area contributed by atoms with Crippen LogP contribution in [0.25, 0.3) is 11.1 Å². The van der Waals surface area contributed by atoms with Gasteiger partial charge >= 0.3 is 6.36 Å². The molecule has 0 aliphatic heterocycles. The molecule has 0 bridgehead atoms. The fraction of sp³-hybridized carbons (Fsp3) is 0.0769. The minimum Gasteiger partial charge on any atom is -0.406 e. The van der Waals surface area contributed by atoms with E-state index >= 15 is 0 Å². The van der Waals surface area contributed by atoms with E-state index < -0.39 is 17.0 Å². The second kappa shape index (κ2) is 6.30. The molecular weight excluding hydrogens is 321 g/mol. The van der Waals surface area contributed by atoms with Crippen molar-refractivity contribution in [1.82, 2.24) is 0 Å². The smallest absolute Gasteiger partial charge is 0.406 e. The molecule has 2 aromatic carbocycles. The molecule has 0 aliphatic carbocycles. The van der Waals surface area contributed by atoms with Crippen molar-refractivity contribution in [3.63, 3.8) is 0 Å². The third kappa shape index (κ3) is 4.15. The van der Waals surface area contributed by atoms with Crippen LogP contribution in [0.4, 0.5) is 18.9 Å². The summed E-state index contributed by atoms with van der Waals surface area (Å²) in [5, 5.41) is 12.9. The summed E-state index contributed by atoms with van der Waals surface area (Å²) in [6, 6.07) is 8.10.